The molecule has 2 aliphatic heterocycles. The summed E-state index contributed by atoms with van der Waals surface area (Å²) in [6.07, 6.45) is 2.77. The Labute approximate surface area is 182 Å². The topological polar surface area (TPSA) is 69.6 Å². The van der Waals surface area contributed by atoms with Crippen molar-refractivity contribution in [2.75, 3.05) is 4.90 Å². The van der Waals surface area contributed by atoms with Gasteiger partial charge in [0, 0.05) is 21.3 Å². The van der Waals surface area contributed by atoms with E-state index in [0.717, 1.165) is 0 Å². The van der Waals surface area contributed by atoms with Crippen LogP contribution in [0.2, 0.25) is 5.02 Å². The van der Waals surface area contributed by atoms with Crippen molar-refractivity contribution >= 4 is 46.3 Å². The Morgan fingerprint density at radius 1 is 1.00 bits per heavy atom. The molecular weight excluding hydrogens is 423 g/mol. The Morgan fingerprint density at radius 2 is 1.77 bits per heavy atom. The Hall–Kier alpha value is -3.02. The zero-order valence-electron chi connectivity index (χ0n) is 15.7. The van der Waals surface area contributed by atoms with E-state index in [4.69, 9.17) is 23.2 Å². The van der Waals surface area contributed by atoms with E-state index in [2.05, 4.69) is 5.32 Å². The first-order chi connectivity index (χ1) is 14.4. The highest BCUT2D eigenvalue weighted by molar-refractivity contribution is 6.32. The molecular formula is C23H16Cl2N2O3. The zero-order chi connectivity index (χ0) is 21.0. The van der Waals surface area contributed by atoms with E-state index in [1.165, 1.54) is 0 Å². The van der Waals surface area contributed by atoms with Crippen molar-refractivity contribution in [3.63, 3.8) is 0 Å². The van der Waals surface area contributed by atoms with Crippen molar-refractivity contribution in [1.82, 2.24) is 5.32 Å². The molecule has 3 aliphatic rings. The molecule has 0 fully saturated rings. The number of anilines is 1. The number of aliphatic hydroxyl groups is 1. The average Bonchev–Trinajstić information content (AvgIpc) is 3.13. The van der Waals surface area contributed by atoms with Crippen LogP contribution < -0.4 is 10.2 Å². The lowest BCUT2D eigenvalue weighted by atomic mass is 9.78. The molecule has 2 aromatic rings. The molecule has 1 atom stereocenters. The van der Waals surface area contributed by atoms with Gasteiger partial charge in [-0.05, 0) is 54.3 Å². The van der Waals surface area contributed by atoms with Crippen molar-refractivity contribution < 1.29 is 14.7 Å². The number of nitrogens with zero attached hydrogens (tertiary/aromatic N) is 1. The van der Waals surface area contributed by atoms with Crippen LogP contribution in [0.15, 0.2) is 82.7 Å². The average molecular weight is 439 g/mol. The molecule has 0 saturated heterocycles. The van der Waals surface area contributed by atoms with Gasteiger partial charge in [-0.3, -0.25) is 14.5 Å². The summed E-state index contributed by atoms with van der Waals surface area (Å²) in [5, 5.41) is 14.6. The smallest absolute Gasteiger partial charge is 0.287 e. The summed E-state index contributed by atoms with van der Waals surface area (Å²) >= 11 is 12.5. The molecule has 2 heterocycles. The number of para-hydroxylation sites is 1. The van der Waals surface area contributed by atoms with Crippen molar-refractivity contribution in [3.05, 3.63) is 93.3 Å². The Bertz CT molecular complexity index is 1200. The fourth-order valence-electron chi connectivity index (χ4n) is 4.47. The molecule has 2 N–H and O–H groups in total. The molecule has 7 heteroatoms. The predicted molar refractivity (Wildman–Crippen MR) is 116 cm³/mol. The van der Waals surface area contributed by atoms with Gasteiger partial charge in [-0.25, -0.2) is 0 Å². The molecule has 1 aliphatic carbocycles. The number of benzene rings is 2. The first-order valence-electron chi connectivity index (χ1n) is 9.45. The lowest BCUT2D eigenvalue weighted by Gasteiger charge is -2.30. The minimum Gasteiger partial charge on any atom is -0.503 e. The van der Waals surface area contributed by atoms with Crippen molar-refractivity contribution in [3.8, 4) is 0 Å². The van der Waals surface area contributed by atoms with E-state index in [-0.39, 0.29) is 11.5 Å². The summed E-state index contributed by atoms with van der Waals surface area (Å²) in [7, 11) is 0. The van der Waals surface area contributed by atoms with E-state index in [1.807, 2.05) is 30.3 Å². The minimum absolute atomic E-state index is 0.220. The third-order valence-electron chi connectivity index (χ3n) is 5.69. The fraction of sp³-hybridized carbons (Fsp3) is 0.130. The van der Waals surface area contributed by atoms with Gasteiger partial charge < -0.3 is 10.4 Å². The standard InChI is InChI=1S/C23H16Cl2N2O3/c24-14-6-4-5-13(11-14)19-20(28)21(29)26-23(19)17-10-9-15(25)12-18(17)27(22(23)30)16-7-2-1-3-8-16/h1-8,11-12,28H,9-10H2,(H,26,29). The summed E-state index contributed by atoms with van der Waals surface area (Å²) in [6, 6.07) is 15.9. The van der Waals surface area contributed by atoms with Gasteiger partial charge in [-0.15, -0.1) is 0 Å². The summed E-state index contributed by atoms with van der Waals surface area (Å²) in [5.74, 6) is -1.54. The third kappa shape index (κ3) is 2.56. The maximum atomic E-state index is 14.0. The third-order valence-corrected chi connectivity index (χ3v) is 6.22. The molecule has 1 spiro atoms. The highest BCUT2D eigenvalue weighted by Gasteiger charge is 2.61. The van der Waals surface area contributed by atoms with Crippen LogP contribution in [0.1, 0.15) is 18.4 Å². The Balaban J connectivity index is 1.79. The molecule has 5 rings (SSSR count). The number of rotatable bonds is 2. The molecule has 2 aromatic carbocycles. The molecule has 0 aromatic heterocycles. The van der Waals surface area contributed by atoms with Gasteiger partial charge in [-0.2, -0.15) is 0 Å². The van der Waals surface area contributed by atoms with Crippen LogP contribution in [0, 0.1) is 0 Å². The van der Waals surface area contributed by atoms with Gasteiger partial charge in [-0.1, -0.05) is 53.5 Å². The second kappa shape index (κ2) is 6.76. The van der Waals surface area contributed by atoms with E-state index in [0.29, 0.717) is 45.4 Å². The Kier molecular flexibility index (Phi) is 4.27. The second-order valence-electron chi connectivity index (χ2n) is 7.37. The number of fused-ring (bicyclic) bond motifs is 1. The zero-order valence-corrected chi connectivity index (χ0v) is 17.2. The molecule has 2 amide bonds. The lowest BCUT2D eigenvalue weighted by Crippen LogP contribution is -2.53. The van der Waals surface area contributed by atoms with Crippen LogP contribution in [0.5, 0.6) is 0 Å². The van der Waals surface area contributed by atoms with Crippen LogP contribution in [0.25, 0.3) is 5.57 Å². The first-order valence-corrected chi connectivity index (χ1v) is 10.2. The van der Waals surface area contributed by atoms with Crippen molar-refractivity contribution in [2.24, 2.45) is 0 Å². The summed E-state index contributed by atoms with van der Waals surface area (Å²) in [4.78, 5) is 28.2. The first kappa shape index (κ1) is 19.0. The number of carbonyl (C=O) groups excluding carboxylic acids is 2. The van der Waals surface area contributed by atoms with Crippen molar-refractivity contribution in [1.29, 1.82) is 0 Å². The van der Waals surface area contributed by atoms with E-state index in [1.54, 1.807) is 35.2 Å². The van der Waals surface area contributed by atoms with Crippen LogP contribution >= 0.6 is 23.2 Å². The van der Waals surface area contributed by atoms with E-state index >= 15 is 0 Å². The second-order valence-corrected chi connectivity index (χ2v) is 8.29. The van der Waals surface area contributed by atoms with Gasteiger partial charge in [0.2, 0.25) is 0 Å². The minimum atomic E-state index is -1.51. The summed E-state index contributed by atoms with van der Waals surface area (Å²) in [5.41, 5.74) is 1.20. The molecule has 30 heavy (non-hydrogen) atoms. The number of aliphatic hydroxyl groups excluding tert-OH is 1. The number of hydrogen-bond acceptors (Lipinski definition) is 3. The van der Waals surface area contributed by atoms with Crippen LogP contribution in [0.3, 0.4) is 0 Å². The number of nitrogens with one attached hydrogen (secondary N) is 1. The van der Waals surface area contributed by atoms with Gasteiger partial charge in [0.15, 0.2) is 11.3 Å². The monoisotopic (exact) mass is 438 g/mol. The molecule has 5 nitrogen and oxygen atoms in total. The highest BCUT2D eigenvalue weighted by Crippen LogP contribution is 2.51. The van der Waals surface area contributed by atoms with Crippen LogP contribution in [0.4, 0.5) is 5.69 Å². The maximum absolute atomic E-state index is 14.0. The highest BCUT2D eigenvalue weighted by atomic mass is 35.5. The number of allylic oxidation sites excluding steroid dienone is 2. The largest absolute Gasteiger partial charge is 0.503 e. The summed E-state index contributed by atoms with van der Waals surface area (Å²) < 4.78 is 0. The normalized spacial score (nSPS) is 23.3. The molecule has 0 radical (unpaired) electrons. The molecule has 150 valence electrons. The fourth-order valence-corrected chi connectivity index (χ4v) is 4.85. The van der Waals surface area contributed by atoms with Gasteiger partial charge in [0.05, 0.1) is 5.70 Å². The van der Waals surface area contributed by atoms with Crippen molar-refractivity contribution in [2.45, 2.75) is 18.4 Å². The van der Waals surface area contributed by atoms with Gasteiger partial charge >= 0.3 is 0 Å². The number of carbonyl (C=O) groups is 2. The number of amides is 2. The van der Waals surface area contributed by atoms with E-state index < -0.39 is 17.2 Å². The van der Waals surface area contributed by atoms with Gasteiger partial charge in [0.25, 0.3) is 11.8 Å². The Morgan fingerprint density at radius 3 is 2.50 bits per heavy atom. The van der Waals surface area contributed by atoms with Crippen LogP contribution in [-0.2, 0) is 9.59 Å². The quantitative estimate of drug-likeness (QED) is 0.713. The van der Waals surface area contributed by atoms with Crippen LogP contribution in [-0.4, -0.2) is 22.5 Å². The maximum Gasteiger partial charge on any atom is 0.287 e. The summed E-state index contributed by atoms with van der Waals surface area (Å²) in [6.45, 7) is 0. The molecule has 1 unspecified atom stereocenters. The molecule has 0 bridgehead atoms. The number of halogens is 2. The van der Waals surface area contributed by atoms with Gasteiger partial charge in [0.1, 0.15) is 0 Å². The predicted octanol–water partition coefficient (Wildman–Crippen LogP) is 4.70. The van der Waals surface area contributed by atoms with E-state index in [9.17, 15) is 14.7 Å². The lowest BCUT2D eigenvalue weighted by molar-refractivity contribution is -0.125. The molecule has 0 saturated carbocycles. The number of hydrogen-bond donors (Lipinski definition) is 2. The SMILES string of the molecule is O=C1NC2(C(=O)N(c3ccccc3)C3=C2CCC(Cl)=C3)C(c2cccc(Cl)c2)=C1O.